The molecule has 0 amide bonds. The monoisotopic (exact) mass is 489 g/mol. The van der Waals surface area contributed by atoms with Crippen molar-refractivity contribution >= 4 is 44.7 Å². The van der Waals surface area contributed by atoms with Crippen LogP contribution < -0.4 is 4.57 Å². The highest BCUT2D eigenvalue weighted by atomic mass is 79.9. The van der Waals surface area contributed by atoms with E-state index < -0.39 is 10.9 Å². The maximum Gasteiger partial charge on any atom is 0.338 e. The molecule has 0 bridgehead atoms. The maximum absolute atomic E-state index is 12.5. The van der Waals surface area contributed by atoms with Gasteiger partial charge in [-0.3, -0.25) is 14.9 Å². The molecule has 0 N–H and O–H groups in total. The number of benzene rings is 2. The number of non-ortho nitro benzene ring substituents is 1. The molecule has 3 aromatic rings. The Balaban J connectivity index is 1.57. The summed E-state index contributed by atoms with van der Waals surface area (Å²) in [6.45, 7) is 2.30. The first-order valence-electron chi connectivity index (χ1n) is 9.02. The van der Waals surface area contributed by atoms with Gasteiger partial charge in [-0.15, -0.1) is 0 Å². The first kappa shape index (κ1) is 21.8. The fourth-order valence-electron chi connectivity index (χ4n) is 2.80. The molecule has 0 saturated heterocycles. The average Bonchev–Trinajstić information content (AvgIpc) is 3.08. The van der Waals surface area contributed by atoms with Crippen molar-refractivity contribution < 1.29 is 23.8 Å². The molecule has 0 spiro atoms. The number of carbonyl (C=O) groups excluding carboxylic acids is 2. The summed E-state index contributed by atoms with van der Waals surface area (Å²) in [5.74, 6) is -0.594. The molecule has 0 aliphatic carbocycles. The first-order valence-corrected chi connectivity index (χ1v) is 10.7. The van der Waals surface area contributed by atoms with E-state index in [0.29, 0.717) is 12.0 Å². The van der Waals surface area contributed by atoms with Crippen molar-refractivity contribution in [2.45, 2.75) is 19.9 Å². The molecular formula is C21H18BrN2O5S+. The molecule has 2 aromatic carbocycles. The van der Waals surface area contributed by atoms with Gasteiger partial charge in [-0.2, -0.15) is 4.57 Å². The molecule has 154 valence electrons. The van der Waals surface area contributed by atoms with E-state index in [0.717, 1.165) is 15.0 Å². The van der Waals surface area contributed by atoms with Crippen LogP contribution >= 0.6 is 27.3 Å². The van der Waals surface area contributed by atoms with Gasteiger partial charge >= 0.3 is 5.97 Å². The number of thiazole rings is 1. The Morgan fingerprint density at radius 2 is 1.90 bits per heavy atom. The molecule has 30 heavy (non-hydrogen) atoms. The number of halogens is 1. The molecule has 0 aliphatic heterocycles. The van der Waals surface area contributed by atoms with E-state index in [2.05, 4.69) is 15.9 Å². The number of nitrogens with zero attached hydrogens (tertiary/aromatic N) is 2. The van der Waals surface area contributed by atoms with Crippen LogP contribution in [0.4, 0.5) is 5.69 Å². The topological polar surface area (TPSA) is 90.4 Å². The van der Waals surface area contributed by atoms with Crippen LogP contribution in [0.2, 0.25) is 0 Å². The normalized spacial score (nSPS) is 10.6. The average molecular weight is 490 g/mol. The SMILES string of the molecule is Cc1c(CCOC(=O)c2cccc([N+](=O)[O-])c2)sc[n+]1CC(=O)c1ccc(Br)cc1. The molecule has 0 atom stereocenters. The van der Waals surface area contributed by atoms with Gasteiger partial charge in [0.15, 0.2) is 5.69 Å². The van der Waals surface area contributed by atoms with Crippen LogP contribution in [0.25, 0.3) is 0 Å². The highest BCUT2D eigenvalue weighted by Crippen LogP contribution is 2.16. The number of nitro benzene ring substituents is 1. The molecular weight excluding hydrogens is 472 g/mol. The Hall–Kier alpha value is -2.91. The van der Waals surface area contributed by atoms with Crippen LogP contribution in [0.15, 0.2) is 58.5 Å². The van der Waals surface area contributed by atoms with E-state index in [9.17, 15) is 19.7 Å². The van der Waals surface area contributed by atoms with Crippen LogP contribution in [0.3, 0.4) is 0 Å². The Morgan fingerprint density at radius 1 is 1.17 bits per heavy atom. The number of ether oxygens (including phenoxy) is 1. The Morgan fingerprint density at radius 3 is 2.60 bits per heavy atom. The number of carbonyl (C=O) groups is 2. The summed E-state index contributed by atoms with van der Waals surface area (Å²) in [5.41, 5.74) is 3.45. The molecule has 1 heterocycles. The van der Waals surface area contributed by atoms with E-state index >= 15 is 0 Å². The summed E-state index contributed by atoms with van der Waals surface area (Å²) in [7, 11) is 0. The Bertz CT molecular complexity index is 1100. The number of Topliss-reactive ketones (excluding diaryl/α,β-unsaturated/α-hetero) is 1. The lowest BCUT2D eigenvalue weighted by atomic mass is 10.1. The second kappa shape index (κ2) is 9.73. The van der Waals surface area contributed by atoms with Crippen LogP contribution in [0.1, 0.15) is 31.3 Å². The lowest BCUT2D eigenvalue weighted by molar-refractivity contribution is -0.684. The minimum absolute atomic E-state index is 0.0112. The van der Waals surface area contributed by atoms with Gasteiger partial charge in [0.05, 0.1) is 22.0 Å². The number of nitro groups is 1. The summed E-state index contributed by atoms with van der Waals surface area (Å²) in [6.07, 6.45) is 0.497. The van der Waals surface area contributed by atoms with Crippen molar-refractivity contribution in [2.75, 3.05) is 6.61 Å². The van der Waals surface area contributed by atoms with E-state index in [1.807, 2.05) is 29.1 Å². The highest BCUT2D eigenvalue weighted by Gasteiger charge is 2.20. The molecule has 0 radical (unpaired) electrons. The minimum Gasteiger partial charge on any atom is -0.462 e. The largest absolute Gasteiger partial charge is 0.462 e. The molecule has 1 aromatic heterocycles. The van der Waals surface area contributed by atoms with Gasteiger partial charge < -0.3 is 4.74 Å². The van der Waals surface area contributed by atoms with Crippen molar-refractivity contribution in [1.29, 1.82) is 0 Å². The first-order chi connectivity index (χ1) is 14.3. The van der Waals surface area contributed by atoms with E-state index in [-0.39, 0.29) is 30.2 Å². The highest BCUT2D eigenvalue weighted by molar-refractivity contribution is 9.10. The number of esters is 1. The predicted molar refractivity (Wildman–Crippen MR) is 115 cm³/mol. The third-order valence-corrected chi connectivity index (χ3v) is 6.16. The summed E-state index contributed by atoms with van der Waals surface area (Å²) in [4.78, 5) is 35.9. The molecule has 7 nitrogen and oxygen atoms in total. The number of aromatic nitrogens is 1. The number of hydrogen-bond donors (Lipinski definition) is 0. The third-order valence-electron chi connectivity index (χ3n) is 4.49. The van der Waals surface area contributed by atoms with Crippen LogP contribution in [0, 0.1) is 17.0 Å². The van der Waals surface area contributed by atoms with Gasteiger partial charge in [0.25, 0.3) is 5.69 Å². The second-order valence-corrected chi connectivity index (χ2v) is 8.34. The summed E-state index contributed by atoms with van der Waals surface area (Å²) >= 11 is 4.85. The molecule has 0 fully saturated rings. The lowest BCUT2D eigenvalue weighted by Crippen LogP contribution is -2.38. The number of hydrogen-bond acceptors (Lipinski definition) is 6. The zero-order chi connectivity index (χ0) is 21.7. The molecule has 0 saturated carbocycles. The zero-order valence-electron chi connectivity index (χ0n) is 16.0. The molecule has 9 heteroatoms. The summed E-state index contributed by atoms with van der Waals surface area (Å²) < 4.78 is 8.06. The van der Waals surface area contributed by atoms with Gasteiger partial charge in [-0.25, -0.2) is 4.79 Å². The van der Waals surface area contributed by atoms with Gasteiger partial charge in [0.2, 0.25) is 17.8 Å². The lowest BCUT2D eigenvalue weighted by Gasteiger charge is -2.04. The van der Waals surface area contributed by atoms with Crippen LogP contribution in [-0.2, 0) is 17.7 Å². The molecule has 3 rings (SSSR count). The van der Waals surface area contributed by atoms with E-state index in [4.69, 9.17) is 4.74 Å². The summed E-state index contributed by atoms with van der Waals surface area (Å²) in [5, 5.41) is 10.8. The number of rotatable bonds is 8. The fourth-order valence-corrected chi connectivity index (χ4v) is 4.04. The number of ketones is 1. The smallest absolute Gasteiger partial charge is 0.338 e. The maximum atomic E-state index is 12.5. The van der Waals surface area contributed by atoms with Gasteiger partial charge in [-0.1, -0.05) is 45.5 Å². The van der Waals surface area contributed by atoms with Crippen molar-refractivity contribution in [3.8, 4) is 0 Å². The standard InChI is InChI=1S/C21H18BrN2O5S/c1-14-20(9-10-29-21(26)16-3-2-4-18(11-16)24(27)28)30-13-23(14)12-19(25)15-5-7-17(22)8-6-15/h2-8,11,13H,9-10,12H2,1H3/q+1. The van der Waals surface area contributed by atoms with E-state index in [1.165, 1.54) is 35.6 Å². The van der Waals surface area contributed by atoms with Crippen molar-refractivity contribution in [3.63, 3.8) is 0 Å². The van der Waals surface area contributed by atoms with Gasteiger partial charge in [0.1, 0.15) is 0 Å². The minimum atomic E-state index is -0.605. The van der Waals surface area contributed by atoms with Gasteiger partial charge in [-0.05, 0) is 18.2 Å². The Kier molecular flexibility index (Phi) is 7.07. The summed E-state index contributed by atoms with van der Waals surface area (Å²) in [6, 6.07) is 12.7. The van der Waals surface area contributed by atoms with Crippen molar-refractivity contribution in [3.05, 3.63) is 90.3 Å². The molecule has 0 unspecified atom stereocenters. The van der Waals surface area contributed by atoms with Crippen LogP contribution in [-0.4, -0.2) is 23.3 Å². The second-order valence-electron chi connectivity index (χ2n) is 6.48. The van der Waals surface area contributed by atoms with Gasteiger partial charge in [0, 0.05) is 35.5 Å². The fraction of sp³-hybridized carbons (Fsp3) is 0.190. The third kappa shape index (κ3) is 5.37. The van der Waals surface area contributed by atoms with Crippen LogP contribution in [0.5, 0.6) is 0 Å². The quantitative estimate of drug-likeness (QED) is 0.154. The zero-order valence-corrected chi connectivity index (χ0v) is 18.4. The predicted octanol–water partition coefficient (Wildman–Crippen LogP) is 4.30. The van der Waals surface area contributed by atoms with Crippen molar-refractivity contribution in [1.82, 2.24) is 0 Å². The van der Waals surface area contributed by atoms with E-state index in [1.54, 1.807) is 12.1 Å². The molecule has 0 aliphatic rings. The van der Waals surface area contributed by atoms with Crippen molar-refractivity contribution in [2.24, 2.45) is 0 Å². The Labute approximate surface area is 185 Å².